The van der Waals surface area contributed by atoms with Gasteiger partial charge in [-0.2, -0.15) is 0 Å². The van der Waals surface area contributed by atoms with E-state index in [1.165, 1.54) is 4.31 Å². The van der Waals surface area contributed by atoms with E-state index < -0.39 is 10.0 Å². The van der Waals surface area contributed by atoms with Gasteiger partial charge >= 0.3 is 0 Å². The van der Waals surface area contributed by atoms with Crippen LogP contribution in [0.2, 0.25) is 0 Å². The second-order valence-electron chi connectivity index (χ2n) is 10.8. The molecule has 29 heavy (non-hydrogen) atoms. The summed E-state index contributed by atoms with van der Waals surface area (Å²) in [6.45, 7) is 13.6. The molecule has 0 bridgehead atoms. The molecule has 0 radical (unpaired) electrons. The minimum atomic E-state index is -3.49. The van der Waals surface area contributed by atoms with Crippen molar-refractivity contribution in [3.8, 4) is 0 Å². The first-order valence-corrected chi connectivity index (χ1v) is 12.1. The molecule has 0 aliphatic carbocycles. The van der Waals surface area contributed by atoms with Crippen LogP contribution in [0.4, 0.5) is 0 Å². The summed E-state index contributed by atoms with van der Waals surface area (Å²) < 4.78 is 27.7. The topological polar surface area (TPSA) is 57.7 Å². The molecule has 164 valence electrons. The number of benzene rings is 1. The highest BCUT2D eigenvalue weighted by molar-refractivity contribution is 7.89. The Morgan fingerprint density at radius 2 is 1.69 bits per heavy atom. The number of likely N-dealkylation sites (tertiary alicyclic amines) is 1. The van der Waals surface area contributed by atoms with Crippen molar-refractivity contribution in [3.63, 3.8) is 0 Å². The Morgan fingerprint density at radius 3 is 2.17 bits per heavy atom. The summed E-state index contributed by atoms with van der Waals surface area (Å²) in [6, 6.07) is 9.50. The predicted molar refractivity (Wildman–Crippen MR) is 119 cm³/mol. The van der Waals surface area contributed by atoms with E-state index in [1.807, 2.05) is 56.0 Å². The molecule has 0 aromatic heterocycles. The highest BCUT2D eigenvalue weighted by atomic mass is 32.2. The van der Waals surface area contributed by atoms with E-state index in [9.17, 15) is 13.2 Å². The Morgan fingerprint density at radius 1 is 1.10 bits per heavy atom. The average molecular weight is 423 g/mol. The summed E-state index contributed by atoms with van der Waals surface area (Å²) in [5, 5.41) is 0. The van der Waals surface area contributed by atoms with Gasteiger partial charge in [-0.15, -0.1) is 0 Å². The molecule has 0 spiro atoms. The molecular weight excluding hydrogens is 384 g/mol. The number of hydrogen-bond donors (Lipinski definition) is 0. The second-order valence-corrected chi connectivity index (χ2v) is 12.9. The van der Waals surface area contributed by atoms with E-state index in [1.54, 1.807) is 7.05 Å². The van der Waals surface area contributed by atoms with Crippen LogP contribution >= 0.6 is 0 Å². The fourth-order valence-electron chi connectivity index (χ4n) is 3.95. The molecule has 5 nitrogen and oxygen atoms in total. The Bertz CT molecular complexity index is 792. The third kappa shape index (κ3) is 6.82. The maximum atomic E-state index is 13.1. The molecule has 0 N–H and O–H groups in total. The lowest BCUT2D eigenvalue weighted by Crippen LogP contribution is -2.47. The van der Waals surface area contributed by atoms with E-state index in [4.69, 9.17) is 0 Å². The number of carbonyl (C=O) groups is 1. The smallest absolute Gasteiger partial charge is 0.223 e. The number of amides is 1. The van der Waals surface area contributed by atoms with Crippen molar-refractivity contribution in [2.75, 3.05) is 25.9 Å². The Kier molecular flexibility index (Phi) is 7.21. The van der Waals surface area contributed by atoms with Crippen LogP contribution in [0.1, 0.15) is 53.5 Å². The van der Waals surface area contributed by atoms with Crippen molar-refractivity contribution >= 4 is 15.9 Å². The van der Waals surface area contributed by atoms with Crippen molar-refractivity contribution in [2.24, 2.45) is 16.7 Å². The summed E-state index contributed by atoms with van der Waals surface area (Å²) in [4.78, 5) is 14.7. The molecule has 1 aliphatic heterocycles. The van der Waals surface area contributed by atoms with Crippen molar-refractivity contribution in [1.82, 2.24) is 9.21 Å². The first kappa shape index (κ1) is 23.9. The summed E-state index contributed by atoms with van der Waals surface area (Å²) in [6.07, 6.45) is 1.04. The zero-order valence-electron chi connectivity index (χ0n) is 19.1. The molecule has 1 saturated heterocycles. The van der Waals surface area contributed by atoms with Gasteiger partial charge in [0.05, 0.1) is 11.8 Å². The van der Waals surface area contributed by atoms with E-state index in [0.717, 1.165) is 5.56 Å². The fraction of sp³-hybridized carbons (Fsp3) is 0.696. The lowest BCUT2D eigenvalue weighted by Gasteiger charge is -2.33. The van der Waals surface area contributed by atoms with Gasteiger partial charge < -0.3 is 4.90 Å². The van der Waals surface area contributed by atoms with Crippen molar-refractivity contribution in [3.05, 3.63) is 35.9 Å². The Balaban J connectivity index is 2.27. The Hall–Kier alpha value is -1.40. The monoisotopic (exact) mass is 422 g/mol. The SMILES string of the molecule is CN(CC(C)(C)C)S(=O)(=O)CC(Cc1ccccc1)N1CC(C(C)(C)C)CC1=O. The van der Waals surface area contributed by atoms with Gasteiger partial charge in [0.15, 0.2) is 0 Å². The maximum absolute atomic E-state index is 13.1. The second kappa shape index (κ2) is 8.76. The van der Waals surface area contributed by atoms with Crippen LogP contribution in [-0.4, -0.2) is 55.5 Å². The molecule has 1 heterocycles. The van der Waals surface area contributed by atoms with Crippen LogP contribution < -0.4 is 0 Å². The lowest BCUT2D eigenvalue weighted by molar-refractivity contribution is -0.129. The average Bonchev–Trinajstić information content (AvgIpc) is 2.95. The van der Waals surface area contributed by atoms with E-state index in [2.05, 4.69) is 20.8 Å². The van der Waals surface area contributed by atoms with Gasteiger partial charge in [-0.3, -0.25) is 4.79 Å². The molecule has 6 heteroatoms. The summed E-state index contributed by atoms with van der Waals surface area (Å²) in [5.41, 5.74) is 0.944. The van der Waals surface area contributed by atoms with E-state index in [0.29, 0.717) is 25.9 Å². The zero-order chi connectivity index (χ0) is 22.0. The van der Waals surface area contributed by atoms with Gasteiger partial charge in [0.1, 0.15) is 0 Å². The number of carbonyl (C=O) groups excluding carboxylic acids is 1. The highest BCUT2D eigenvalue weighted by Gasteiger charge is 2.41. The summed E-state index contributed by atoms with van der Waals surface area (Å²) in [7, 11) is -1.84. The highest BCUT2D eigenvalue weighted by Crippen LogP contribution is 2.35. The Labute approximate surface area is 177 Å². The first-order valence-electron chi connectivity index (χ1n) is 10.5. The normalized spacial score (nSPS) is 19.8. The summed E-state index contributed by atoms with van der Waals surface area (Å²) >= 11 is 0. The minimum Gasteiger partial charge on any atom is -0.338 e. The quantitative estimate of drug-likeness (QED) is 0.671. The van der Waals surface area contributed by atoms with Gasteiger partial charge in [-0.1, -0.05) is 71.9 Å². The van der Waals surface area contributed by atoms with Crippen LogP contribution in [0.15, 0.2) is 30.3 Å². The molecule has 0 saturated carbocycles. The van der Waals surface area contributed by atoms with Crippen LogP contribution in [0.3, 0.4) is 0 Å². The molecule has 2 unspecified atom stereocenters. The zero-order valence-corrected chi connectivity index (χ0v) is 19.9. The number of nitrogens with zero attached hydrogens (tertiary/aromatic N) is 2. The third-order valence-corrected chi connectivity index (χ3v) is 7.60. The largest absolute Gasteiger partial charge is 0.338 e. The van der Waals surface area contributed by atoms with E-state index in [-0.39, 0.29) is 34.4 Å². The van der Waals surface area contributed by atoms with Crippen LogP contribution in [0, 0.1) is 16.7 Å². The van der Waals surface area contributed by atoms with Crippen molar-refractivity contribution < 1.29 is 13.2 Å². The molecule has 1 aliphatic rings. The van der Waals surface area contributed by atoms with Crippen LogP contribution in [-0.2, 0) is 21.2 Å². The predicted octanol–water partition coefficient (Wildman–Crippen LogP) is 3.80. The summed E-state index contributed by atoms with van der Waals surface area (Å²) in [5.74, 6) is 0.264. The molecule has 2 rings (SSSR count). The van der Waals surface area contributed by atoms with Crippen molar-refractivity contribution in [1.29, 1.82) is 0 Å². The molecule has 1 fully saturated rings. The van der Waals surface area contributed by atoms with Gasteiger partial charge in [-0.25, -0.2) is 12.7 Å². The number of rotatable bonds is 7. The molecule has 2 atom stereocenters. The van der Waals surface area contributed by atoms with E-state index >= 15 is 0 Å². The molecule has 1 aromatic carbocycles. The standard InChI is InChI=1S/C23H38N2O3S/c1-22(2,3)17-24(7)29(27,28)16-20(13-18-11-9-8-10-12-18)25-15-19(14-21(25)26)23(4,5)6/h8-12,19-20H,13-17H2,1-7H3. The van der Waals surface area contributed by atoms with Gasteiger partial charge in [0.25, 0.3) is 0 Å². The minimum absolute atomic E-state index is 0.0175. The van der Waals surface area contributed by atoms with Crippen LogP contribution in [0.25, 0.3) is 0 Å². The van der Waals surface area contributed by atoms with Crippen molar-refractivity contribution in [2.45, 2.75) is 60.4 Å². The molecule has 1 aromatic rings. The van der Waals surface area contributed by atoms with Gasteiger partial charge in [-0.05, 0) is 28.7 Å². The third-order valence-electron chi connectivity index (χ3n) is 5.71. The maximum Gasteiger partial charge on any atom is 0.223 e. The van der Waals surface area contributed by atoms with Gasteiger partial charge in [0.2, 0.25) is 15.9 Å². The number of hydrogen-bond acceptors (Lipinski definition) is 3. The molecular formula is C23H38N2O3S. The fourth-order valence-corrected chi connectivity index (χ4v) is 5.57. The lowest BCUT2D eigenvalue weighted by atomic mass is 9.80. The first-order chi connectivity index (χ1) is 13.2. The number of sulfonamides is 1. The molecule has 1 amide bonds. The van der Waals surface area contributed by atoms with Crippen LogP contribution in [0.5, 0.6) is 0 Å². The van der Waals surface area contributed by atoms with Gasteiger partial charge in [0, 0.05) is 26.6 Å².